The van der Waals surface area contributed by atoms with Gasteiger partial charge in [0.15, 0.2) is 0 Å². The van der Waals surface area contributed by atoms with Crippen LogP contribution < -0.4 is 10.9 Å². The summed E-state index contributed by atoms with van der Waals surface area (Å²) in [6.45, 7) is 1.50. The van der Waals surface area contributed by atoms with E-state index < -0.39 is 0 Å². The van der Waals surface area contributed by atoms with Crippen LogP contribution in [-0.4, -0.2) is 32.0 Å². The summed E-state index contributed by atoms with van der Waals surface area (Å²) in [4.78, 5) is 28.8. The van der Waals surface area contributed by atoms with Gasteiger partial charge in [-0.05, 0) is 36.4 Å². The summed E-state index contributed by atoms with van der Waals surface area (Å²) in [6.07, 6.45) is 1.60. The maximum absolute atomic E-state index is 12.7. The molecule has 2 aromatic carbocycles. The lowest BCUT2D eigenvalue weighted by atomic mass is 10.2. The standard InChI is InChI=1S/C18H13BrN6O.ClH/c19-11-2-4-13-12(8-11)16-20-5-6-25(16)18(23-13)24-17(26)10-1-3-14-15(7-10)22-9-21-14;/h1-4,7-9,20H,5-6H2,(H,21,22);1H. The van der Waals surface area contributed by atoms with Crippen molar-refractivity contribution in [1.82, 2.24) is 19.5 Å². The minimum Gasteiger partial charge on any atom is -0.369 e. The average molecular weight is 446 g/mol. The molecule has 2 N–H and O–H groups in total. The molecule has 0 unspecified atom stereocenters. The number of H-pyrrole nitrogens is 1. The molecule has 1 amide bonds. The summed E-state index contributed by atoms with van der Waals surface area (Å²) in [6, 6.07) is 11.2. The fourth-order valence-electron chi connectivity index (χ4n) is 3.21. The van der Waals surface area contributed by atoms with E-state index in [4.69, 9.17) is 0 Å². The number of hydrogen-bond donors (Lipinski definition) is 2. The maximum Gasteiger partial charge on any atom is 0.280 e. The molecule has 0 spiro atoms. The van der Waals surface area contributed by atoms with Gasteiger partial charge in [-0.2, -0.15) is 4.99 Å². The van der Waals surface area contributed by atoms with Crippen LogP contribution in [0.25, 0.3) is 21.9 Å². The van der Waals surface area contributed by atoms with Gasteiger partial charge in [-0.15, -0.1) is 12.4 Å². The van der Waals surface area contributed by atoms with Gasteiger partial charge in [0, 0.05) is 28.5 Å². The molecule has 0 radical (unpaired) electrons. The molecule has 9 heteroatoms. The van der Waals surface area contributed by atoms with E-state index in [0.29, 0.717) is 11.2 Å². The minimum absolute atomic E-state index is 0. The fraction of sp³-hybridized carbons (Fsp3) is 0.111. The van der Waals surface area contributed by atoms with E-state index in [1.165, 1.54) is 0 Å². The van der Waals surface area contributed by atoms with Crippen LogP contribution in [0, 0.1) is 0 Å². The summed E-state index contributed by atoms with van der Waals surface area (Å²) in [5, 5.41) is 4.36. The highest BCUT2D eigenvalue weighted by Gasteiger charge is 2.16. The lowest BCUT2D eigenvalue weighted by molar-refractivity contribution is 0.0996. The monoisotopic (exact) mass is 444 g/mol. The molecule has 0 aliphatic carbocycles. The number of benzene rings is 2. The van der Waals surface area contributed by atoms with Crippen molar-refractivity contribution in [3.05, 3.63) is 58.4 Å². The Morgan fingerprint density at radius 3 is 2.93 bits per heavy atom. The Bertz CT molecular complexity index is 1260. The number of carbonyl (C=O) groups is 1. The van der Waals surface area contributed by atoms with Crippen LogP contribution in [0.15, 0.2) is 52.2 Å². The highest BCUT2D eigenvalue weighted by Crippen LogP contribution is 2.26. The van der Waals surface area contributed by atoms with E-state index >= 15 is 0 Å². The number of nitrogens with one attached hydrogen (secondary N) is 2. The van der Waals surface area contributed by atoms with E-state index in [0.717, 1.165) is 45.3 Å². The van der Waals surface area contributed by atoms with Gasteiger partial charge in [0.05, 0.1) is 22.9 Å². The van der Waals surface area contributed by atoms with Crippen molar-refractivity contribution in [2.45, 2.75) is 6.54 Å². The van der Waals surface area contributed by atoms with Crippen LogP contribution in [0.3, 0.4) is 0 Å². The zero-order valence-corrected chi connectivity index (χ0v) is 16.3. The number of aromatic amines is 1. The van der Waals surface area contributed by atoms with E-state index in [2.05, 4.69) is 41.2 Å². The van der Waals surface area contributed by atoms with Gasteiger partial charge in [-0.25, -0.2) is 9.97 Å². The van der Waals surface area contributed by atoms with Gasteiger partial charge in [0.2, 0.25) is 5.62 Å². The Morgan fingerprint density at radius 1 is 1.19 bits per heavy atom. The van der Waals surface area contributed by atoms with Gasteiger partial charge in [0.25, 0.3) is 5.91 Å². The molecule has 5 rings (SSSR count). The van der Waals surface area contributed by atoms with E-state index in [1.807, 2.05) is 22.8 Å². The number of halogens is 2. The highest BCUT2D eigenvalue weighted by molar-refractivity contribution is 9.10. The highest BCUT2D eigenvalue weighted by atomic mass is 79.9. The maximum atomic E-state index is 12.7. The van der Waals surface area contributed by atoms with E-state index in [-0.39, 0.29) is 18.3 Å². The van der Waals surface area contributed by atoms with Crippen LogP contribution in [0.5, 0.6) is 0 Å². The number of anilines is 1. The molecule has 0 fully saturated rings. The molecule has 0 bridgehead atoms. The Morgan fingerprint density at radius 2 is 2.04 bits per heavy atom. The molecule has 136 valence electrons. The van der Waals surface area contributed by atoms with Crippen molar-refractivity contribution in [3.8, 4) is 0 Å². The molecule has 0 saturated heterocycles. The van der Waals surface area contributed by atoms with Gasteiger partial charge in [0.1, 0.15) is 5.82 Å². The second kappa shape index (κ2) is 6.79. The molecule has 1 aliphatic heterocycles. The molecule has 0 saturated carbocycles. The van der Waals surface area contributed by atoms with E-state index in [1.54, 1.807) is 24.5 Å². The molecular formula is C18H14BrClN6O. The topological polar surface area (TPSA) is 88.0 Å². The first-order valence-corrected chi connectivity index (χ1v) is 8.94. The van der Waals surface area contributed by atoms with Crippen molar-refractivity contribution < 1.29 is 4.79 Å². The van der Waals surface area contributed by atoms with Crippen molar-refractivity contribution in [2.75, 3.05) is 11.9 Å². The first kappa shape index (κ1) is 17.7. The lowest BCUT2D eigenvalue weighted by Gasteiger charge is -2.08. The number of amides is 1. The zero-order valence-electron chi connectivity index (χ0n) is 13.9. The number of rotatable bonds is 1. The minimum atomic E-state index is -0.327. The summed E-state index contributed by atoms with van der Waals surface area (Å²) in [5.74, 6) is 0.610. The summed E-state index contributed by atoms with van der Waals surface area (Å²) in [5.41, 5.74) is 3.33. The second-order valence-electron chi connectivity index (χ2n) is 6.05. The zero-order chi connectivity index (χ0) is 17.7. The molecule has 1 aliphatic rings. The second-order valence-corrected chi connectivity index (χ2v) is 6.97. The van der Waals surface area contributed by atoms with Gasteiger partial charge in [-0.3, -0.25) is 9.36 Å². The largest absolute Gasteiger partial charge is 0.369 e. The quantitative estimate of drug-likeness (QED) is 0.471. The predicted octanol–water partition coefficient (Wildman–Crippen LogP) is 3.26. The third-order valence-corrected chi connectivity index (χ3v) is 4.94. The SMILES string of the molecule is Cl.O=C(N=c1nc2ccc(Br)cc2c2n1CCN2)c1ccc2nc[nH]c2c1. The van der Waals surface area contributed by atoms with Crippen molar-refractivity contribution in [3.63, 3.8) is 0 Å². The Hall–Kier alpha value is -2.71. The normalized spacial score (nSPS) is 13.4. The number of imidazole rings is 1. The summed E-state index contributed by atoms with van der Waals surface area (Å²) in [7, 11) is 0. The smallest absolute Gasteiger partial charge is 0.280 e. The third kappa shape index (κ3) is 3.00. The molecule has 4 aromatic rings. The molecule has 3 heterocycles. The number of hydrogen-bond acceptors (Lipinski definition) is 4. The Balaban J connectivity index is 0.00000180. The number of aromatic nitrogens is 4. The number of carbonyl (C=O) groups excluding carboxylic acids is 1. The molecule has 2 aromatic heterocycles. The summed E-state index contributed by atoms with van der Waals surface area (Å²) < 4.78 is 2.93. The molecule has 27 heavy (non-hydrogen) atoms. The van der Waals surface area contributed by atoms with Crippen LogP contribution in [0.4, 0.5) is 5.82 Å². The van der Waals surface area contributed by atoms with Gasteiger partial charge >= 0.3 is 0 Å². The average Bonchev–Trinajstić information content (AvgIpc) is 3.31. The van der Waals surface area contributed by atoms with Crippen LogP contribution in [0.2, 0.25) is 0 Å². The third-order valence-electron chi connectivity index (χ3n) is 4.44. The molecule has 7 nitrogen and oxygen atoms in total. The number of nitrogens with zero attached hydrogens (tertiary/aromatic N) is 4. The number of fused-ring (bicyclic) bond motifs is 4. The first-order chi connectivity index (χ1) is 12.7. The molecular weight excluding hydrogens is 432 g/mol. The fourth-order valence-corrected chi connectivity index (χ4v) is 3.57. The Kier molecular flexibility index (Phi) is 4.45. The predicted molar refractivity (Wildman–Crippen MR) is 109 cm³/mol. The van der Waals surface area contributed by atoms with Crippen LogP contribution in [0.1, 0.15) is 10.4 Å². The first-order valence-electron chi connectivity index (χ1n) is 8.15. The van der Waals surface area contributed by atoms with Gasteiger partial charge < -0.3 is 10.3 Å². The van der Waals surface area contributed by atoms with Crippen molar-refractivity contribution >= 4 is 62.0 Å². The van der Waals surface area contributed by atoms with Gasteiger partial charge in [-0.1, -0.05) is 15.9 Å². The summed E-state index contributed by atoms with van der Waals surface area (Å²) >= 11 is 3.50. The van der Waals surface area contributed by atoms with Crippen LogP contribution in [-0.2, 0) is 6.54 Å². The van der Waals surface area contributed by atoms with Crippen molar-refractivity contribution in [1.29, 1.82) is 0 Å². The van der Waals surface area contributed by atoms with E-state index in [9.17, 15) is 4.79 Å². The van der Waals surface area contributed by atoms with Crippen LogP contribution >= 0.6 is 28.3 Å². The lowest BCUT2D eigenvalue weighted by Crippen LogP contribution is -2.24. The van der Waals surface area contributed by atoms with Crippen molar-refractivity contribution in [2.24, 2.45) is 4.99 Å². The Labute approximate surface area is 168 Å². The molecule has 0 atom stereocenters.